The van der Waals surface area contributed by atoms with Crippen molar-refractivity contribution < 1.29 is 14.3 Å². The van der Waals surface area contributed by atoms with Crippen molar-refractivity contribution in [2.45, 2.75) is 13.0 Å². The molecule has 0 amide bonds. The molecule has 0 saturated carbocycles. The highest BCUT2D eigenvalue weighted by Gasteiger charge is 2.16. The molecule has 16 heavy (non-hydrogen) atoms. The molecule has 1 atom stereocenters. The molecular weight excluding hydrogens is 206 g/mol. The third-order valence-corrected chi connectivity index (χ3v) is 2.09. The fourth-order valence-electron chi connectivity index (χ4n) is 1.23. The van der Waals surface area contributed by atoms with Crippen molar-refractivity contribution >= 4 is 5.97 Å². The van der Waals surface area contributed by atoms with Crippen molar-refractivity contribution in [3.05, 3.63) is 35.9 Å². The molecule has 1 aromatic carbocycles. The van der Waals surface area contributed by atoms with E-state index in [9.17, 15) is 4.79 Å². The monoisotopic (exact) mass is 223 g/mol. The minimum Gasteiger partial charge on any atom is -0.462 e. The summed E-state index contributed by atoms with van der Waals surface area (Å²) in [6.45, 7) is 3.15. The van der Waals surface area contributed by atoms with Crippen LogP contribution in [0.3, 0.4) is 0 Å². The molecule has 0 spiro atoms. The Balaban J connectivity index is 2.37. The van der Waals surface area contributed by atoms with Crippen LogP contribution < -0.4 is 5.73 Å². The van der Waals surface area contributed by atoms with Crippen molar-refractivity contribution in [3.8, 4) is 0 Å². The predicted octanol–water partition coefficient (Wildman–Crippen LogP) is 1.27. The lowest BCUT2D eigenvalue weighted by molar-refractivity contribution is -0.146. The summed E-state index contributed by atoms with van der Waals surface area (Å²) in [7, 11) is 0. The average molecular weight is 223 g/mol. The molecule has 0 aliphatic heterocycles. The van der Waals surface area contributed by atoms with Gasteiger partial charge in [-0.2, -0.15) is 0 Å². The smallest absolute Gasteiger partial charge is 0.327 e. The number of nitrogens with two attached hydrogens (primary N) is 1. The average Bonchev–Trinajstić information content (AvgIpc) is 2.34. The second-order valence-corrected chi connectivity index (χ2v) is 3.25. The van der Waals surface area contributed by atoms with Crippen molar-refractivity contribution in [1.82, 2.24) is 0 Å². The number of rotatable bonds is 6. The largest absolute Gasteiger partial charge is 0.462 e. The Kier molecular flexibility index (Phi) is 5.53. The van der Waals surface area contributed by atoms with Gasteiger partial charge in [0.25, 0.3) is 0 Å². The molecule has 1 aromatic rings. The first-order valence-corrected chi connectivity index (χ1v) is 5.30. The third kappa shape index (κ3) is 4.00. The van der Waals surface area contributed by atoms with Gasteiger partial charge in [-0.3, -0.25) is 0 Å². The van der Waals surface area contributed by atoms with Gasteiger partial charge in [0.2, 0.25) is 0 Å². The van der Waals surface area contributed by atoms with Crippen LogP contribution in [0.1, 0.15) is 18.5 Å². The van der Waals surface area contributed by atoms with Crippen molar-refractivity contribution in [3.63, 3.8) is 0 Å². The third-order valence-electron chi connectivity index (χ3n) is 2.09. The summed E-state index contributed by atoms with van der Waals surface area (Å²) < 4.78 is 10.0. The Labute approximate surface area is 95.3 Å². The first-order chi connectivity index (χ1) is 7.75. The summed E-state index contributed by atoms with van der Waals surface area (Å²) in [4.78, 5) is 11.5. The van der Waals surface area contributed by atoms with Crippen LogP contribution in [0.4, 0.5) is 0 Å². The Morgan fingerprint density at radius 2 is 2.00 bits per heavy atom. The number of esters is 1. The van der Waals surface area contributed by atoms with Crippen LogP contribution in [0.5, 0.6) is 0 Å². The molecule has 1 rings (SSSR count). The van der Waals surface area contributed by atoms with Gasteiger partial charge in [-0.05, 0) is 12.5 Å². The van der Waals surface area contributed by atoms with E-state index in [0.717, 1.165) is 5.56 Å². The fraction of sp³-hybridized carbons (Fsp3) is 0.417. The highest BCUT2D eigenvalue weighted by atomic mass is 16.6. The Morgan fingerprint density at radius 1 is 1.31 bits per heavy atom. The second-order valence-electron chi connectivity index (χ2n) is 3.25. The number of ether oxygens (including phenoxy) is 2. The van der Waals surface area contributed by atoms with E-state index in [4.69, 9.17) is 15.2 Å². The van der Waals surface area contributed by atoms with Crippen LogP contribution >= 0.6 is 0 Å². The molecule has 0 unspecified atom stereocenters. The van der Waals surface area contributed by atoms with Crippen molar-refractivity contribution in [2.75, 3.05) is 19.8 Å². The van der Waals surface area contributed by atoms with Crippen molar-refractivity contribution in [2.24, 2.45) is 5.73 Å². The lowest BCUT2D eigenvalue weighted by Crippen LogP contribution is -2.25. The Hall–Kier alpha value is -1.39. The van der Waals surface area contributed by atoms with Gasteiger partial charge in [-0.25, -0.2) is 4.79 Å². The van der Waals surface area contributed by atoms with Crippen LogP contribution in [0.2, 0.25) is 0 Å². The van der Waals surface area contributed by atoms with E-state index in [1.807, 2.05) is 25.1 Å². The van der Waals surface area contributed by atoms with Gasteiger partial charge in [0.05, 0.1) is 6.61 Å². The molecular formula is C12H17NO3. The van der Waals surface area contributed by atoms with Gasteiger partial charge in [0, 0.05) is 6.61 Å². The zero-order valence-electron chi connectivity index (χ0n) is 9.39. The van der Waals surface area contributed by atoms with E-state index < -0.39 is 12.0 Å². The number of hydrogen-bond acceptors (Lipinski definition) is 4. The van der Waals surface area contributed by atoms with E-state index in [2.05, 4.69) is 0 Å². The van der Waals surface area contributed by atoms with Gasteiger partial charge in [0.15, 0.2) is 0 Å². The maximum Gasteiger partial charge on any atom is 0.327 e. The van der Waals surface area contributed by atoms with Crippen LogP contribution in [-0.4, -0.2) is 25.8 Å². The minimum absolute atomic E-state index is 0.243. The lowest BCUT2D eigenvalue weighted by Gasteiger charge is -2.11. The number of carbonyl (C=O) groups is 1. The molecule has 0 saturated heterocycles. The van der Waals surface area contributed by atoms with E-state index in [1.165, 1.54) is 0 Å². The summed E-state index contributed by atoms with van der Waals surface area (Å²) in [5.41, 5.74) is 6.49. The van der Waals surface area contributed by atoms with Gasteiger partial charge < -0.3 is 15.2 Å². The summed E-state index contributed by atoms with van der Waals surface area (Å²) in [5, 5.41) is 0. The maximum absolute atomic E-state index is 11.5. The van der Waals surface area contributed by atoms with E-state index in [0.29, 0.717) is 13.2 Å². The van der Waals surface area contributed by atoms with E-state index >= 15 is 0 Å². The standard InChI is InChI=1S/C12H17NO3/c1-2-15-8-9-16-12(14)11(13)10-6-4-3-5-7-10/h3-7,11H,2,8-9,13H2,1H3/t11-/m0/s1. The zero-order chi connectivity index (χ0) is 11.8. The molecule has 0 aromatic heterocycles. The topological polar surface area (TPSA) is 61.5 Å². The molecule has 0 bridgehead atoms. The number of carbonyl (C=O) groups excluding carboxylic acids is 1. The first kappa shape index (κ1) is 12.7. The van der Waals surface area contributed by atoms with Crippen molar-refractivity contribution in [1.29, 1.82) is 0 Å². The molecule has 4 heteroatoms. The highest BCUT2D eigenvalue weighted by Crippen LogP contribution is 2.10. The molecule has 2 N–H and O–H groups in total. The molecule has 4 nitrogen and oxygen atoms in total. The van der Waals surface area contributed by atoms with Crippen LogP contribution in [0, 0.1) is 0 Å². The molecule has 88 valence electrons. The van der Waals surface area contributed by atoms with Gasteiger partial charge in [-0.15, -0.1) is 0 Å². The summed E-state index contributed by atoms with van der Waals surface area (Å²) in [6.07, 6.45) is 0. The summed E-state index contributed by atoms with van der Waals surface area (Å²) in [5.74, 6) is -0.425. The van der Waals surface area contributed by atoms with Gasteiger partial charge >= 0.3 is 5.97 Å². The molecule has 0 heterocycles. The van der Waals surface area contributed by atoms with E-state index in [-0.39, 0.29) is 6.61 Å². The maximum atomic E-state index is 11.5. The summed E-state index contributed by atoms with van der Waals surface area (Å²) in [6, 6.07) is 8.42. The Bertz CT molecular complexity index is 313. The normalized spacial score (nSPS) is 12.1. The lowest BCUT2D eigenvalue weighted by atomic mass is 10.1. The fourth-order valence-corrected chi connectivity index (χ4v) is 1.23. The van der Waals surface area contributed by atoms with E-state index in [1.54, 1.807) is 12.1 Å². The summed E-state index contributed by atoms with van der Waals surface area (Å²) >= 11 is 0. The first-order valence-electron chi connectivity index (χ1n) is 5.30. The van der Waals surface area contributed by atoms with Gasteiger partial charge in [0.1, 0.15) is 12.6 Å². The quantitative estimate of drug-likeness (QED) is 0.582. The van der Waals surface area contributed by atoms with Gasteiger partial charge in [-0.1, -0.05) is 30.3 Å². The number of hydrogen-bond donors (Lipinski definition) is 1. The molecule has 0 aliphatic carbocycles. The second kappa shape index (κ2) is 6.98. The highest BCUT2D eigenvalue weighted by molar-refractivity contribution is 5.77. The molecule has 0 aliphatic rings. The van der Waals surface area contributed by atoms with Crippen LogP contribution in [-0.2, 0) is 14.3 Å². The SMILES string of the molecule is CCOCCOC(=O)[C@@H](N)c1ccccc1. The predicted molar refractivity (Wildman–Crippen MR) is 60.8 cm³/mol. The minimum atomic E-state index is -0.720. The zero-order valence-corrected chi connectivity index (χ0v) is 9.39. The van der Waals surface area contributed by atoms with Crippen LogP contribution in [0.15, 0.2) is 30.3 Å². The Morgan fingerprint density at radius 3 is 2.62 bits per heavy atom. The molecule has 0 fully saturated rings. The molecule has 0 radical (unpaired) electrons. The van der Waals surface area contributed by atoms with Crippen LogP contribution in [0.25, 0.3) is 0 Å². The number of benzene rings is 1.